The van der Waals surface area contributed by atoms with Crippen molar-refractivity contribution in [2.75, 3.05) is 6.61 Å². The number of carbonyl (C=O) groups excluding carboxylic acids is 1. The molecule has 0 aliphatic rings. The van der Waals surface area contributed by atoms with Crippen LogP contribution in [0.15, 0.2) is 22.8 Å². The first kappa shape index (κ1) is 9.80. The molecule has 0 bridgehead atoms. The molecule has 13 heavy (non-hydrogen) atoms. The van der Waals surface area contributed by atoms with E-state index in [0.717, 1.165) is 0 Å². The number of ether oxygens (including phenoxy) is 1. The van der Waals surface area contributed by atoms with Gasteiger partial charge in [0.15, 0.2) is 0 Å². The Bertz CT molecular complexity index is 256. The van der Waals surface area contributed by atoms with Crippen molar-refractivity contribution in [2.24, 2.45) is 5.73 Å². The highest BCUT2D eigenvalue weighted by atomic mass is 16.5. The molecule has 0 aliphatic carbocycles. The second-order valence-electron chi connectivity index (χ2n) is 2.64. The Hall–Kier alpha value is -1.29. The van der Waals surface area contributed by atoms with Crippen LogP contribution in [0.2, 0.25) is 0 Å². The van der Waals surface area contributed by atoms with Gasteiger partial charge in [0.05, 0.1) is 12.9 Å². The first-order valence-electron chi connectivity index (χ1n) is 4.18. The average molecular weight is 183 g/mol. The Kier molecular flexibility index (Phi) is 3.52. The Morgan fingerprint density at radius 3 is 3.08 bits per heavy atom. The number of furan rings is 1. The summed E-state index contributed by atoms with van der Waals surface area (Å²) >= 11 is 0. The molecule has 0 aromatic carbocycles. The molecular weight excluding hydrogens is 170 g/mol. The van der Waals surface area contributed by atoms with Crippen LogP contribution in [-0.4, -0.2) is 18.6 Å². The van der Waals surface area contributed by atoms with Gasteiger partial charge in [-0.25, -0.2) is 0 Å². The van der Waals surface area contributed by atoms with E-state index in [1.54, 1.807) is 25.3 Å². The molecule has 0 aliphatic heterocycles. The second kappa shape index (κ2) is 4.67. The second-order valence-corrected chi connectivity index (χ2v) is 2.64. The van der Waals surface area contributed by atoms with Crippen LogP contribution in [0, 0.1) is 0 Å². The van der Waals surface area contributed by atoms with Gasteiger partial charge in [-0.15, -0.1) is 0 Å². The fourth-order valence-corrected chi connectivity index (χ4v) is 0.978. The van der Waals surface area contributed by atoms with E-state index in [0.29, 0.717) is 18.8 Å². The van der Waals surface area contributed by atoms with Gasteiger partial charge < -0.3 is 14.9 Å². The molecule has 1 aromatic rings. The van der Waals surface area contributed by atoms with Crippen molar-refractivity contribution >= 4 is 5.97 Å². The molecule has 1 aromatic heterocycles. The summed E-state index contributed by atoms with van der Waals surface area (Å²) in [6.07, 6.45) is 1.93. The smallest absolute Gasteiger partial charge is 0.323 e. The summed E-state index contributed by atoms with van der Waals surface area (Å²) in [5.74, 6) is 0.305. The number of hydrogen-bond acceptors (Lipinski definition) is 4. The highest BCUT2D eigenvalue weighted by Crippen LogP contribution is 2.03. The molecule has 0 saturated heterocycles. The van der Waals surface area contributed by atoms with E-state index in [4.69, 9.17) is 14.9 Å². The highest BCUT2D eigenvalue weighted by Gasteiger charge is 2.15. The fourth-order valence-electron chi connectivity index (χ4n) is 0.978. The molecule has 1 unspecified atom stereocenters. The van der Waals surface area contributed by atoms with Gasteiger partial charge in [0.25, 0.3) is 0 Å². The van der Waals surface area contributed by atoms with Crippen molar-refractivity contribution in [1.29, 1.82) is 0 Å². The quantitative estimate of drug-likeness (QED) is 0.698. The predicted molar refractivity (Wildman–Crippen MR) is 47.0 cm³/mol. The van der Waals surface area contributed by atoms with Crippen LogP contribution in [0.5, 0.6) is 0 Å². The number of carbonyl (C=O) groups is 1. The summed E-state index contributed by atoms with van der Waals surface area (Å²) < 4.78 is 9.79. The van der Waals surface area contributed by atoms with Crippen molar-refractivity contribution < 1.29 is 13.9 Å². The maximum absolute atomic E-state index is 11.1. The third kappa shape index (κ3) is 2.91. The molecule has 4 heteroatoms. The van der Waals surface area contributed by atoms with Gasteiger partial charge >= 0.3 is 5.97 Å². The van der Waals surface area contributed by atoms with Crippen LogP contribution in [0.1, 0.15) is 12.7 Å². The Labute approximate surface area is 76.7 Å². The largest absolute Gasteiger partial charge is 0.469 e. The minimum atomic E-state index is -0.633. The number of esters is 1. The van der Waals surface area contributed by atoms with E-state index < -0.39 is 6.04 Å². The van der Waals surface area contributed by atoms with Crippen LogP contribution in [0.4, 0.5) is 0 Å². The zero-order valence-corrected chi connectivity index (χ0v) is 7.53. The lowest BCUT2D eigenvalue weighted by atomic mass is 10.2. The lowest BCUT2D eigenvalue weighted by Gasteiger charge is -2.07. The van der Waals surface area contributed by atoms with E-state index >= 15 is 0 Å². The summed E-state index contributed by atoms with van der Waals surface area (Å²) in [4.78, 5) is 11.1. The van der Waals surface area contributed by atoms with E-state index in [1.165, 1.54) is 0 Å². The maximum atomic E-state index is 11.1. The summed E-state index contributed by atoms with van der Waals surface area (Å²) in [5.41, 5.74) is 5.56. The van der Waals surface area contributed by atoms with Gasteiger partial charge in [0.1, 0.15) is 11.8 Å². The molecule has 72 valence electrons. The van der Waals surface area contributed by atoms with Gasteiger partial charge in [0.2, 0.25) is 0 Å². The van der Waals surface area contributed by atoms with E-state index in [9.17, 15) is 4.79 Å². The maximum Gasteiger partial charge on any atom is 0.323 e. The van der Waals surface area contributed by atoms with Crippen molar-refractivity contribution in [3.05, 3.63) is 24.2 Å². The topological polar surface area (TPSA) is 65.5 Å². The first-order chi connectivity index (χ1) is 6.24. The molecule has 2 N–H and O–H groups in total. The molecule has 0 saturated carbocycles. The number of rotatable bonds is 4. The zero-order valence-electron chi connectivity index (χ0n) is 7.53. The monoisotopic (exact) mass is 183 g/mol. The van der Waals surface area contributed by atoms with Crippen LogP contribution in [0.25, 0.3) is 0 Å². The standard InChI is InChI=1S/C9H13NO3/c1-2-12-9(11)8(10)6-7-4-3-5-13-7/h3-5,8H,2,6,10H2,1H3. The van der Waals surface area contributed by atoms with Crippen LogP contribution < -0.4 is 5.73 Å². The highest BCUT2D eigenvalue weighted by molar-refractivity contribution is 5.75. The van der Waals surface area contributed by atoms with Crippen LogP contribution >= 0.6 is 0 Å². The van der Waals surface area contributed by atoms with Crippen molar-refractivity contribution in [3.63, 3.8) is 0 Å². The molecular formula is C9H13NO3. The van der Waals surface area contributed by atoms with Crippen molar-refractivity contribution in [2.45, 2.75) is 19.4 Å². The predicted octanol–water partition coefficient (Wildman–Crippen LogP) is 0.712. The van der Waals surface area contributed by atoms with Crippen LogP contribution in [0.3, 0.4) is 0 Å². The molecule has 1 rings (SSSR count). The average Bonchev–Trinajstić information content (AvgIpc) is 2.57. The SMILES string of the molecule is CCOC(=O)C(N)Cc1ccco1. The fraction of sp³-hybridized carbons (Fsp3) is 0.444. The van der Waals surface area contributed by atoms with Gasteiger partial charge in [-0.05, 0) is 19.1 Å². The van der Waals surface area contributed by atoms with E-state index in [-0.39, 0.29) is 5.97 Å². The third-order valence-corrected chi connectivity index (χ3v) is 1.59. The Morgan fingerprint density at radius 2 is 2.54 bits per heavy atom. The minimum Gasteiger partial charge on any atom is -0.469 e. The molecule has 1 atom stereocenters. The molecule has 0 amide bonds. The third-order valence-electron chi connectivity index (χ3n) is 1.59. The van der Waals surface area contributed by atoms with Crippen molar-refractivity contribution in [1.82, 2.24) is 0 Å². The Morgan fingerprint density at radius 1 is 1.77 bits per heavy atom. The van der Waals surface area contributed by atoms with E-state index in [2.05, 4.69) is 0 Å². The van der Waals surface area contributed by atoms with Crippen LogP contribution in [-0.2, 0) is 16.0 Å². The van der Waals surface area contributed by atoms with Crippen molar-refractivity contribution in [3.8, 4) is 0 Å². The normalized spacial score (nSPS) is 12.5. The molecule has 0 fully saturated rings. The molecule has 4 nitrogen and oxygen atoms in total. The summed E-state index contributed by atoms with van der Waals surface area (Å²) in [7, 11) is 0. The summed E-state index contributed by atoms with van der Waals surface area (Å²) in [5, 5.41) is 0. The van der Waals surface area contributed by atoms with E-state index in [1.807, 2.05) is 0 Å². The lowest BCUT2D eigenvalue weighted by Crippen LogP contribution is -2.34. The number of hydrogen-bond donors (Lipinski definition) is 1. The van der Waals surface area contributed by atoms with Gasteiger partial charge in [0, 0.05) is 6.42 Å². The first-order valence-corrected chi connectivity index (χ1v) is 4.18. The molecule has 0 spiro atoms. The molecule has 1 heterocycles. The lowest BCUT2D eigenvalue weighted by molar-refractivity contribution is -0.144. The zero-order chi connectivity index (χ0) is 9.68. The van der Waals surface area contributed by atoms with Gasteiger partial charge in [-0.2, -0.15) is 0 Å². The minimum absolute atomic E-state index is 0.352. The van der Waals surface area contributed by atoms with Gasteiger partial charge in [-0.1, -0.05) is 0 Å². The summed E-state index contributed by atoms with van der Waals surface area (Å²) in [6, 6.07) is 2.90. The summed E-state index contributed by atoms with van der Waals surface area (Å²) in [6.45, 7) is 2.10. The molecule has 0 radical (unpaired) electrons. The Balaban J connectivity index is 2.41. The number of nitrogens with two attached hydrogens (primary N) is 1. The van der Waals surface area contributed by atoms with Gasteiger partial charge in [-0.3, -0.25) is 4.79 Å².